The zero-order valence-corrected chi connectivity index (χ0v) is 19.7. The number of esters is 1. The van der Waals surface area contributed by atoms with Crippen molar-refractivity contribution in [1.29, 1.82) is 0 Å². The van der Waals surface area contributed by atoms with E-state index in [1.54, 1.807) is 37.3 Å². The highest BCUT2D eigenvalue weighted by Gasteiger charge is 2.15. The first-order valence-electron chi connectivity index (χ1n) is 10.1. The van der Waals surface area contributed by atoms with Gasteiger partial charge in [0.1, 0.15) is 11.5 Å². The van der Waals surface area contributed by atoms with Crippen LogP contribution < -0.4 is 9.47 Å². The molecular weight excluding hydrogens is 456 g/mol. The molecule has 0 radical (unpaired) electrons. The van der Waals surface area contributed by atoms with Crippen LogP contribution in [-0.2, 0) is 4.79 Å². The highest BCUT2D eigenvalue weighted by Crippen LogP contribution is 2.32. The number of carbonyl (C=O) groups excluding carboxylic acids is 2. The molecule has 5 heteroatoms. The average molecular weight is 481 g/mol. The third-order valence-corrected chi connectivity index (χ3v) is 5.81. The Morgan fingerprint density at radius 3 is 2.23 bits per heavy atom. The molecule has 0 aliphatic rings. The van der Waals surface area contributed by atoms with E-state index in [-0.39, 0.29) is 18.3 Å². The van der Waals surface area contributed by atoms with Gasteiger partial charge in [0.15, 0.2) is 12.4 Å². The summed E-state index contributed by atoms with van der Waals surface area (Å²) in [5.41, 5.74) is 3.92. The van der Waals surface area contributed by atoms with Crippen molar-refractivity contribution in [2.75, 3.05) is 6.61 Å². The molecule has 0 bridgehead atoms. The van der Waals surface area contributed by atoms with Crippen molar-refractivity contribution in [3.63, 3.8) is 0 Å². The number of ether oxygens (including phenoxy) is 2. The van der Waals surface area contributed by atoms with Crippen LogP contribution in [0.4, 0.5) is 0 Å². The smallest absolute Gasteiger partial charge is 0.349 e. The van der Waals surface area contributed by atoms with Gasteiger partial charge in [-0.05, 0) is 66.8 Å². The molecule has 0 N–H and O–H groups in total. The van der Waals surface area contributed by atoms with Crippen molar-refractivity contribution >= 4 is 27.7 Å². The number of carbonyl (C=O) groups is 2. The minimum absolute atomic E-state index is 0.0725. The van der Waals surface area contributed by atoms with Crippen molar-refractivity contribution in [3.8, 4) is 11.5 Å². The fraction of sp³-hybridized carbons (Fsp3) is 0.231. The first-order valence-corrected chi connectivity index (χ1v) is 10.9. The lowest BCUT2D eigenvalue weighted by molar-refractivity contribution is -0.136. The molecule has 0 amide bonds. The maximum atomic E-state index is 12.6. The second-order valence-corrected chi connectivity index (χ2v) is 8.59. The number of hydrogen-bond acceptors (Lipinski definition) is 4. The van der Waals surface area contributed by atoms with E-state index < -0.39 is 5.97 Å². The third kappa shape index (κ3) is 5.61. The quantitative estimate of drug-likeness (QED) is 0.223. The molecule has 160 valence electrons. The molecular formula is C26H25BrO4. The van der Waals surface area contributed by atoms with E-state index >= 15 is 0 Å². The van der Waals surface area contributed by atoms with Gasteiger partial charge in [-0.1, -0.05) is 60.1 Å². The second-order valence-electron chi connectivity index (χ2n) is 7.73. The summed E-state index contributed by atoms with van der Waals surface area (Å²) in [7, 11) is 0. The summed E-state index contributed by atoms with van der Waals surface area (Å²) in [6, 6.07) is 18.1. The Labute approximate surface area is 191 Å². The predicted molar refractivity (Wildman–Crippen MR) is 125 cm³/mol. The van der Waals surface area contributed by atoms with Gasteiger partial charge in [-0.25, -0.2) is 4.79 Å². The summed E-state index contributed by atoms with van der Waals surface area (Å²) in [5.74, 6) is 0.763. The predicted octanol–water partition coefficient (Wildman–Crippen LogP) is 6.40. The Balaban J connectivity index is 1.68. The van der Waals surface area contributed by atoms with Gasteiger partial charge in [0.25, 0.3) is 0 Å². The van der Waals surface area contributed by atoms with Gasteiger partial charge in [0, 0.05) is 15.6 Å². The summed E-state index contributed by atoms with van der Waals surface area (Å²) in [4.78, 5) is 25.0. The fourth-order valence-electron chi connectivity index (χ4n) is 3.20. The first-order chi connectivity index (χ1) is 14.8. The van der Waals surface area contributed by atoms with Crippen LogP contribution in [0.5, 0.6) is 11.5 Å². The largest absolute Gasteiger partial charge is 0.482 e. The highest BCUT2D eigenvalue weighted by atomic mass is 79.9. The van der Waals surface area contributed by atoms with Crippen molar-refractivity contribution in [2.24, 2.45) is 0 Å². The molecule has 3 aromatic rings. The summed E-state index contributed by atoms with van der Waals surface area (Å²) in [6.45, 7) is 7.72. The van der Waals surface area contributed by atoms with Crippen LogP contribution in [-0.4, -0.2) is 18.4 Å². The van der Waals surface area contributed by atoms with Gasteiger partial charge < -0.3 is 9.47 Å². The fourth-order valence-corrected chi connectivity index (χ4v) is 3.56. The zero-order chi connectivity index (χ0) is 22.5. The molecule has 0 aromatic heterocycles. The third-order valence-electron chi connectivity index (χ3n) is 4.96. The summed E-state index contributed by atoms with van der Waals surface area (Å²) < 4.78 is 12.3. The molecule has 0 unspecified atom stereocenters. The van der Waals surface area contributed by atoms with Gasteiger partial charge in [-0.15, -0.1) is 0 Å². The summed E-state index contributed by atoms with van der Waals surface area (Å²) in [5, 5.41) is 0. The number of benzene rings is 3. The Hall–Kier alpha value is -2.92. The van der Waals surface area contributed by atoms with Gasteiger partial charge in [-0.3, -0.25) is 4.79 Å². The number of ketones is 1. The van der Waals surface area contributed by atoms with E-state index in [0.717, 1.165) is 15.6 Å². The lowest BCUT2D eigenvalue weighted by Crippen LogP contribution is -2.19. The molecule has 0 aliphatic carbocycles. The number of aryl methyl sites for hydroxylation is 2. The van der Waals surface area contributed by atoms with E-state index in [0.29, 0.717) is 28.2 Å². The van der Waals surface area contributed by atoms with Crippen molar-refractivity contribution in [1.82, 2.24) is 0 Å². The van der Waals surface area contributed by atoms with Gasteiger partial charge in [0.05, 0.1) is 0 Å². The highest BCUT2D eigenvalue weighted by molar-refractivity contribution is 9.10. The Morgan fingerprint density at radius 2 is 1.58 bits per heavy atom. The van der Waals surface area contributed by atoms with E-state index in [1.807, 2.05) is 37.3 Å². The minimum Gasteiger partial charge on any atom is -0.482 e. The van der Waals surface area contributed by atoms with E-state index in [9.17, 15) is 9.59 Å². The molecule has 0 saturated heterocycles. The van der Waals surface area contributed by atoms with Crippen LogP contribution in [0, 0.1) is 13.8 Å². The average Bonchev–Trinajstić information content (AvgIpc) is 2.75. The van der Waals surface area contributed by atoms with Gasteiger partial charge in [0.2, 0.25) is 0 Å². The summed E-state index contributed by atoms with van der Waals surface area (Å²) in [6.07, 6.45) is 0. The van der Waals surface area contributed by atoms with Crippen LogP contribution in [0.1, 0.15) is 52.4 Å². The van der Waals surface area contributed by atoms with Crippen LogP contribution in [0.25, 0.3) is 0 Å². The molecule has 0 atom stereocenters. The van der Waals surface area contributed by atoms with Crippen molar-refractivity contribution < 1.29 is 19.1 Å². The van der Waals surface area contributed by atoms with E-state index in [4.69, 9.17) is 9.47 Å². The van der Waals surface area contributed by atoms with Gasteiger partial charge >= 0.3 is 5.97 Å². The topological polar surface area (TPSA) is 52.6 Å². The Bertz CT molecular complexity index is 1100. The molecule has 0 fully saturated rings. The molecule has 3 aromatic carbocycles. The normalized spacial score (nSPS) is 10.8. The number of halogens is 1. The SMILES string of the molecule is Cc1cc(OCC(=O)Oc2ccc(C(=O)c3ccccc3)cc2C)c(C(C)C)cc1Br. The standard InChI is InChI=1S/C26H25BrO4/c1-16(2)21-14-22(27)17(3)13-24(21)30-15-25(28)31-23-11-10-20(12-18(23)4)26(29)19-8-6-5-7-9-19/h5-14,16H,15H2,1-4H3. The molecule has 0 aliphatic heterocycles. The lowest BCUT2D eigenvalue weighted by atomic mass is 10.0. The van der Waals surface area contributed by atoms with Crippen molar-refractivity contribution in [2.45, 2.75) is 33.6 Å². The maximum absolute atomic E-state index is 12.6. The van der Waals surface area contributed by atoms with Crippen LogP contribution in [0.3, 0.4) is 0 Å². The number of hydrogen-bond donors (Lipinski definition) is 0. The molecule has 3 rings (SSSR count). The molecule has 31 heavy (non-hydrogen) atoms. The van der Waals surface area contributed by atoms with Crippen LogP contribution >= 0.6 is 15.9 Å². The Kier molecular flexibility index (Phi) is 7.29. The lowest BCUT2D eigenvalue weighted by Gasteiger charge is -2.16. The zero-order valence-electron chi connectivity index (χ0n) is 18.1. The number of rotatable bonds is 7. The van der Waals surface area contributed by atoms with Crippen molar-refractivity contribution in [3.05, 3.63) is 93.0 Å². The van der Waals surface area contributed by atoms with E-state index in [1.165, 1.54) is 0 Å². The monoisotopic (exact) mass is 480 g/mol. The minimum atomic E-state index is -0.500. The van der Waals surface area contributed by atoms with E-state index in [2.05, 4.69) is 29.8 Å². The van der Waals surface area contributed by atoms with Gasteiger partial charge in [-0.2, -0.15) is 0 Å². The maximum Gasteiger partial charge on any atom is 0.349 e. The van der Waals surface area contributed by atoms with Crippen LogP contribution in [0.15, 0.2) is 65.1 Å². The molecule has 0 heterocycles. The Morgan fingerprint density at radius 1 is 0.871 bits per heavy atom. The molecule has 0 saturated carbocycles. The van der Waals surface area contributed by atoms with Crippen LogP contribution in [0.2, 0.25) is 0 Å². The molecule has 0 spiro atoms. The first kappa shape index (κ1) is 22.8. The molecule has 4 nitrogen and oxygen atoms in total. The second kappa shape index (κ2) is 9.92. The summed E-state index contributed by atoms with van der Waals surface area (Å²) >= 11 is 3.54.